The zero-order valence-corrected chi connectivity index (χ0v) is 11.3. The molecule has 0 spiro atoms. The predicted octanol–water partition coefficient (Wildman–Crippen LogP) is -0.263. The minimum atomic E-state index is -0.604. The van der Waals surface area contributed by atoms with E-state index in [0.29, 0.717) is 12.2 Å². The van der Waals surface area contributed by atoms with Crippen molar-refractivity contribution < 1.29 is 19.1 Å². The van der Waals surface area contributed by atoms with Crippen LogP contribution in [0.2, 0.25) is 0 Å². The minimum Gasteiger partial charge on any atom is -0.464 e. The molecule has 8 nitrogen and oxygen atoms in total. The maximum Gasteiger partial charge on any atom is 0.360 e. The molecule has 0 aliphatic rings. The van der Waals surface area contributed by atoms with Crippen LogP contribution in [0.25, 0.3) is 0 Å². The molecule has 0 saturated heterocycles. The topological polar surface area (TPSA) is 95.3 Å². The highest BCUT2D eigenvalue weighted by Gasteiger charge is 2.21. The number of carbonyl (C=O) groups is 2. The number of hydrogen-bond acceptors (Lipinski definition) is 6. The molecule has 0 unspecified atom stereocenters. The first kappa shape index (κ1) is 15.1. The fourth-order valence-electron chi connectivity index (χ4n) is 1.45. The molecule has 1 aromatic heterocycles. The van der Waals surface area contributed by atoms with Crippen LogP contribution >= 0.6 is 0 Å². The zero-order chi connectivity index (χ0) is 14.3. The summed E-state index contributed by atoms with van der Waals surface area (Å²) < 4.78 is 10.9. The first-order valence-corrected chi connectivity index (χ1v) is 5.90. The van der Waals surface area contributed by atoms with Gasteiger partial charge in [-0.1, -0.05) is 12.1 Å². The van der Waals surface area contributed by atoms with Gasteiger partial charge >= 0.3 is 5.97 Å². The van der Waals surface area contributed by atoms with Crippen LogP contribution in [-0.2, 0) is 27.4 Å². The van der Waals surface area contributed by atoms with Gasteiger partial charge in [-0.2, -0.15) is 0 Å². The number of ether oxygens (including phenoxy) is 2. The second-order valence-electron chi connectivity index (χ2n) is 3.82. The maximum atomic E-state index is 11.6. The van der Waals surface area contributed by atoms with Gasteiger partial charge in [0.1, 0.15) is 6.54 Å². The first-order valence-electron chi connectivity index (χ1n) is 5.90. The summed E-state index contributed by atoms with van der Waals surface area (Å²) in [6.07, 6.45) is 0.849. The second-order valence-corrected chi connectivity index (χ2v) is 3.82. The molecule has 0 bridgehead atoms. The highest BCUT2D eigenvalue weighted by atomic mass is 16.5. The van der Waals surface area contributed by atoms with Gasteiger partial charge in [-0.25, -0.2) is 9.48 Å². The molecule has 0 aliphatic heterocycles. The van der Waals surface area contributed by atoms with Gasteiger partial charge in [0.2, 0.25) is 5.91 Å². The molecule has 0 fully saturated rings. The van der Waals surface area contributed by atoms with Crippen molar-refractivity contribution in [1.29, 1.82) is 0 Å². The molecule has 0 aromatic carbocycles. The van der Waals surface area contributed by atoms with Gasteiger partial charge in [-0.15, -0.1) is 5.10 Å². The highest BCUT2D eigenvalue weighted by molar-refractivity contribution is 5.88. The van der Waals surface area contributed by atoms with Crippen molar-refractivity contribution in [3.63, 3.8) is 0 Å². The van der Waals surface area contributed by atoms with Crippen LogP contribution in [-0.4, -0.2) is 47.6 Å². The molecule has 8 heteroatoms. The van der Waals surface area contributed by atoms with Crippen molar-refractivity contribution in [2.24, 2.45) is 0 Å². The van der Waals surface area contributed by atoms with E-state index in [0.717, 1.165) is 6.42 Å². The third-order valence-corrected chi connectivity index (χ3v) is 2.36. The lowest BCUT2D eigenvalue weighted by atomic mass is 10.3. The summed E-state index contributed by atoms with van der Waals surface area (Å²) >= 11 is 0. The first-order chi connectivity index (χ1) is 9.13. The predicted molar refractivity (Wildman–Crippen MR) is 65.4 cm³/mol. The fourth-order valence-corrected chi connectivity index (χ4v) is 1.45. The van der Waals surface area contributed by atoms with E-state index >= 15 is 0 Å². The van der Waals surface area contributed by atoms with Crippen LogP contribution in [0.15, 0.2) is 0 Å². The van der Waals surface area contributed by atoms with Crippen LogP contribution < -0.4 is 5.32 Å². The van der Waals surface area contributed by atoms with E-state index in [2.05, 4.69) is 20.4 Å². The molecule has 106 valence electrons. The standard InChI is InChI=1S/C11H18N4O4/c1-4-5-12-9(16)6-15-8(7-18-2)10(13-14-15)11(17)19-3/h4-7H2,1-3H3,(H,12,16). The molecule has 1 amide bonds. The van der Waals surface area contributed by atoms with Crippen molar-refractivity contribution in [2.45, 2.75) is 26.5 Å². The fraction of sp³-hybridized carbons (Fsp3) is 0.636. The SMILES string of the molecule is CCCNC(=O)Cn1nnc(C(=O)OC)c1COC. The van der Waals surface area contributed by atoms with Crippen molar-refractivity contribution in [1.82, 2.24) is 20.3 Å². The number of amides is 1. The molecular weight excluding hydrogens is 252 g/mol. The lowest BCUT2D eigenvalue weighted by molar-refractivity contribution is -0.121. The van der Waals surface area contributed by atoms with E-state index in [9.17, 15) is 9.59 Å². The molecule has 19 heavy (non-hydrogen) atoms. The summed E-state index contributed by atoms with van der Waals surface area (Å²) in [6, 6.07) is 0. The Balaban J connectivity index is 2.85. The average molecular weight is 270 g/mol. The Labute approximate surface area is 111 Å². The third-order valence-electron chi connectivity index (χ3n) is 2.36. The van der Waals surface area contributed by atoms with Gasteiger partial charge in [-0.05, 0) is 6.42 Å². The smallest absolute Gasteiger partial charge is 0.360 e. The second kappa shape index (κ2) is 7.47. The maximum absolute atomic E-state index is 11.6. The normalized spacial score (nSPS) is 10.3. The van der Waals surface area contributed by atoms with E-state index < -0.39 is 5.97 Å². The zero-order valence-electron chi connectivity index (χ0n) is 11.3. The Bertz CT molecular complexity index is 444. The van der Waals surface area contributed by atoms with Gasteiger partial charge in [-0.3, -0.25) is 4.79 Å². The summed E-state index contributed by atoms with van der Waals surface area (Å²) in [5.74, 6) is -0.798. The van der Waals surface area contributed by atoms with Crippen molar-refractivity contribution >= 4 is 11.9 Å². The van der Waals surface area contributed by atoms with Crippen molar-refractivity contribution in [3.8, 4) is 0 Å². The van der Waals surface area contributed by atoms with Gasteiger partial charge in [0.25, 0.3) is 0 Å². The number of methoxy groups -OCH3 is 2. The van der Waals surface area contributed by atoms with Crippen LogP contribution in [0.1, 0.15) is 29.5 Å². The van der Waals surface area contributed by atoms with E-state index in [1.807, 2.05) is 6.92 Å². The molecule has 0 atom stereocenters. The van der Waals surface area contributed by atoms with E-state index in [-0.39, 0.29) is 24.8 Å². The Morgan fingerprint density at radius 1 is 1.37 bits per heavy atom. The van der Waals surface area contributed by atoms with Crippen LogP contribution in [0.4, 0.5) is 0 Å². The van der Waals surface area contributed by atoms with Crippen LogP contribution in [0, 0.1) is 0 Å². The monoisotopic (exact) mass is 270 g/mol. The summed E-state index contributed by atoms with van der Waals surface area (Å²) in [4.78, 5) is 23.1. The Hall–Kier alpha value is -1.96. The number of rotatable bonds is 7. The summed E-state index contributed by atoms with van der Waals surface area (Å²) in [7, 11) is 2.74. The van der Waals surface area contributed by atoms with Crippen molar-refractivity contribution in [3.05, 3.63) is 11.4 Å². The van der Waals surface area contributed by atoms with Crippen LogP contribution in [0.5, 0.6) is 0 Å². The Morgan fingerprint density at radius 3 is 2.68 bits per heavy atom. The molecule has 1 aromatic rings. The van der Waals surface area contributed by atoms with Gasteiger partial charge in [0.05, 0.1) is 19.4 Å². The Kier molecular flexibility index (Phi) is 5.94. The number of aromatic nitrogens is 3. The lowest BCUT2D eigenvalue weighted by Gasteiger charge is -2.07. The average Bonchev–Trinajstić information content (AvgIpc) is 2.79. The summed E-state index contributed by atoms with van der Waals surface area (Å²) in [5.41, 5.74) is 0.480. The number of esters is 1. The summed E-state index contributed by atoms with van der Waals surface area (Å²) in [5, 5.41) is 10.2. The third kappa shape index (κ3) is 4.02. The lowest BCUT2D eigenvalue weighted by Crippen LogP contribution is -2.29. The molecule has 0 aliphatic carbocycles. The Morgan fingerprint density at radius 2 is 2.11 bits per heavy atom. The van der Waals surface area contributed by atoms with Crippen LogP contribution in [0.3, 0.4) is 0 Å². The molecule has 0 radical (unpaired) electrons. The largest absolute Gasteiger partial charge is 0.464 e. The number of nitrogens with zero attached hydrogens (tertiary/aromatic N) is 3. The minimum absolute atomic E-state index is 0.0112. The molecular formula is C11H18N4O4. The molecule has 1 rings (SSSR count). The van der Waals surface area contributed by atoms with Gasteiger partial charge in [0, 0.05) is 13.7 Å². The summed E-state index contributed by atoms with van der Waals surface area (Å²) in [6.45, 7) is 2.67. The van der Waals surface area contributed by atoms with E-state index in [1.165, 1.54) is 18.9 Å². The molecule has 0 saturated carbocycles. The highest BCUT2D eigenvalue weighted by Crippen LogP contribution is 2.08. The van der Waals surface area contributed by atoms with Crippen molar-refractivity contribution in [2.75, 3.05) is 20.8 Å². The van der Waals surface area contributed by atoms with E-state index in [4.69, 9.17) is 4.74 Å². The molecule has 1 N–H and O–H groups in total. The molecule has 1 heterocycles. The van der Waals surface area contributed by atoms with Gasteiger partial charge < -0.3 is 14.8 Å². The number of nitrogens with one attached hydrogen (secondary N) is 1. The number of carbonyl (C=O) groups excluding carboxylic acids is 2. The number of hydrogen-bond donors (Lipinski definition) is 1. The van der Waals surface area contributed by atoms with Gasteiger partial charge in [0.15, 0.2) is 5.69 Å². The van der Waals surface area contributed by atoms with E-state index in [1.54, 1.807) is 0 Å². The quantitative estimate of drug-likeness (QED) is 0.686.